The molecule has 5 heteroatoms. The van der Waals surface area contributed by atoms with Gasteiger partial charge in [0.1, 0.15) is 11.5 Å². The Kier molecular flexibility index (Phi) is 4.08. The van der Waals surface area contributed by atoms with Crippen LogP contribution in [0.5, 0.6) is 0 Å². The lowest BCUT2D eigenvalue weighted by molar-refractivity contribution is -0.138. The van der Waals surface area contributed by atoms with Gasteiger partial charge in [0.2, 0.25) is 0 Å². The van der Waals surface area contributed by atoms with Crippen LogP contribution < -0.4 is 0 Å². The van der Waals surface area contributed by atoms with E-state index in [1.165, 1.54) is 0 Å². The third-order valence-corrected chi connectivity index (χ3v) is 9.01. The summed E-state index contributed by atoms with van der Waals surface area (Å²) < 4.78 is 0. The second-order valence-electron chi connectivity index (χ2n) is 9.13. The van der Waals surface area contributed by atoms with Crippen molar-refractivity contribution in [2.75, 3.05) is 6.61 Å². The lowest BCUT2D eigenvalue weighted by Gasteiger charge is -2.59. The van der Waals surface area contributed by atoms with E-state index in [9.17, 15) is 19.8 Å². The second kappa shape index (κ2) is 5.76. The van der Waals surface area contributed by atoms with Crippen LogP contribution in [-0.2, 0) is 9.59 Å². The van der Waals surface area contributed by atoms with Gasteiger partial charge < -0.3 is 10.2 Å². The highest BCUT2D eigenvalue weighted by Gasteiger charge is 2.67. The molecule has 0 saturated heterocycles. The van der Waals surface area contributed by atoms with Gasteiger partial charge in [-0.1, -0.05) is 25.5 Å². The van der Waals surface area contributed by atoms with Crippen LogP contribution in [0.15, 0.2) is 23.8 Å². The molecule has 4 aliphatic carbocycles. The number of rotatable bonds is 2. The monoisotopic (exact) mass is 378 g/mol. The fourth-order valence-corrected chi connectivity index (χ4v) is 7.27. The lowest BCUT2D eigenvalue weighted by atomic mass is 9.46. The van der Waals surface area contributed by atoms with Crippen LogP contribution in [-0.4, -0.2) is 39.4 Å². The average Bonchev–Trinajstić information content (AvgIpc) is 2.86. The topological polar surface area (TPSA) is 74.6 Å². The molecule has 4 aliphatic rings. The van der Waals surface area contributed by atoms with E-state index >= 15 is 0 Å². The average molecular weight is 379 g/mol. The highest BCUT2D eigenvalue weighted by Crippen LogP contribution is 2.68. The molecule has 142 valence electrons. The Hall–Kier alpha value is -0.970. The van der Waals surface area contributed by atoms with Crippen molar-refractivity contribution in [3.63, 3.8) is 0 Å². The van der Waals surface area contributed by atoms with Crippen LogP contribution in [0.2, 0.25) is 0 Å². The molecule has 0 heterocycles. The summed E-state index contributed by atoms with van der Waals surface area (Å²) in [4.78, 5) is 23.2. The number of hydrogen-bond acceptors (Lipinski definition) is 4. The molecule has 0 aromatic carbocycles. The molecule has 0 spiro atoms. The number of ketones is 2. The molecule has 26 heavy (non-hydrogen) atoms. The summed E-state index contributed by atoms with van der Waals surface area (Å²) in [5.74, 6) is 0.248. The maximum absolute atomic E-state index is 12.5. The molecular weight excluding hydrogens is 352 g/mol. The van der Waals surface area contributed by atoms with Gasteiger partial charge in [0.15, 0.2) is 11.6 Å². The van der Waals surface area contributed by atoms with E-state index in [1.54, 1.807) is 12.2 Å². The third-order valence-electron chi connectivity index (χ3n) is 8.18. The second-order valence-corrected chi connectivity index (χ2v) is 9.78. The summed E-state index contributed by atoms with van der Waals surface area (Å²) in [6.45, 7) is 3.61. The Morgan fingerprint density at radius 2 is 2.08 bits per heavy atom. The Labute approximate surface area is 159 Å². The number of halogens is 1. The molecule has 2 N–H and O–H groups in total. The van der Waals surface area contributed by atoms with Crippen LogP contribution in [0.1, 0.15) is 46.0 Å². The summed E-state index contributed by atoms with van der Waals surface area (Å²) in [6, 6.07) is 0. The van der Waals surface area contributed by atoms with Crippen molar-refractivity contribution in [2.24, 2.45) is 28.6 Å². The maximum atomic E-state index is 12.5. The van der Waals surface area contributed by atoms with Gasteiger partial charge in [-0.05, 0) is 61.5 Å². The highest BCUT2D eigenvalue weighted by molar-refractivity contribution is 6.36. The molecule has 0 bridgehead atoms. The predicted octanol–water partition coefficient (Wildman–Crippen LogP) is 2.80. The van der Waals surface area contributed by atoms with Crippen LogP contribution in [0.3, 0.4) is 0 Å². The van der Waals surface area contributed by atoms with Gasteiger partial charge in [0.05, 0.1) is 6.10 Å². The number of Topliss-reactive ketones (excluding diaryl/α,β-unsaturated/α-hetero) is 1. The van der Waals surface area contributed by atoms with E-state index in [2.05, 4.69) is 6.92 Å². The van der Waals surface area contributed by atoms with Crippen molar-refractivity contribution in [1.82, 2.24) is 0 Å². The molecular formula is C21H27ClO4. The molecule has 0 aliphatic heterocycles. The zero-order chi connectivity index (χ0) is 18.9. The van der Waals surface area contributed by atoms with Crippen LogP contribution in [0.25, 0.3) is 0 Å². The number of fused-ring (bicyclic) bond motifs is 5. The lowest BCUT2D eigenvalue weighted by Crippen LogP contribution is -2.60. The first-order valence-corrected chi connectivity index (χ1v) is 10.0. The Morgan fingerprint density at radius 1 is 1.35 bits per heavy atom. The normalized spacial score (nSPS) is 49.9. The minimum atomic E-state index is -1.09. The van der Waals surface area contributed by atoms with Crippen molar-refractivity contribution >= 4 is 23.2 Å². The first-order chi connectivity index (χ1) is 12.2. The molecule has 4 rings (SSSR count). The number of carbonyl (C=O) groups excluding carboxylic acids is 2. The summed E-state index contributed by atoms with van der Waals surface area (Å²) >= 11 is 6.83. The van der Waals surface area contributed by atoms with Gasteiger partial charge in [-0.25, -0.2) is 0 Å². The fraction of sp³-hybridized carbons (Fsp3) is 0.714. The largest absolute Gasteiger partial charge is 0.393 e. The molecule has 0 radical (unpaired) electrons. The molecule has 0 aromatic rings. The maximum Gasteiger partial charge on any atom is 0.179 e. The summed E-state index contributed by atoms with van der Waals surface area (Å²) in [5, 5.41) is 20.6. The number of allylic oxidation sites excluding steroid dienone is 4. The standard InChI is InChI=1S/C21H27ClO4/c1-19-7-5-13(24)9-12(19)3-4-14-15-6-8-21(22,17(26)11-23)20(15,2)10-16(25)18(14)19/h5,7,9,14-16,18,23,25H,3-4,6,8,10-11H2,1-2H3/t14-,15-,16?,18+,19-,20-,21-/m0/s1. The van der Waals surface area contributed by atoms with E-state index < -0.39 is 23.0 Å². The Morgan fingerprint density at radius 3 is 2.77 bits per heavy atom. The van der Waals surface area contributed by atoms with Gasteiger partial charge in [-0.2, -0.15) is 0 Å². The minimum absolute atomic E-state index is 0.0280. The zero-order valence-electron chi connectivity index (χ0n) is 15.4. The van der Waals surface area contributed by atoms with Crippen LogP contribution in [0, 0.1) is 28.6 Å². The number of aliphatic hydroxyl groups is 2. The fourth-order valence-electron chi connectivity index (χ4n) is 6.88. The van der Waals surface area contributed by atoms with Crippen LogP contribution >= 0.6 is 11.6 Å². The van der Waals surface area contributed by atoms with Gasteiger partial charge in [0.25, 0.3) is 0 Å². The first-order valence-electron chi connectivity index (χ1n) is 9.63. The van der Waals surface area contributed by atoms with E-state index in [4.69, 9.17) is 11.6 Å². The number of alkyl halides is 1. The van der Waals surface area contributed by atoms with E-state index in [1.807, 2.05) is 13.0 Å². The predicted molar refractivity (Wildman–Crippen MR) is 98.7 cm³/mol. The van der Waals surface area contributed by atoms with Gasteiger partial charge in [0, 0.05) is 11.3 Å². The minimum Gasteiger partial charge on any atom is -0.393 e. The molecule has 4 nitrogen and oxygen atoms in total. The molecule has 0 aromatic heterocycles. The Bertz CT molecular complexity index is 728. The first kappa shape index (κ1) is 18.4. The molecule has 1 unspecified atom stereocenters. The summed E-state index contributed by atoms with van der Waals surface area (Å²) in [5.41, 5.74) is 0.298. The number of carbonyl (C=O) groups is 2. The smallest absolute Gasteiger partial charge is 0.179 e. The molecule has 0 amide bonds. The molecule has 3 fully saturated rings. The van der Waals surface area contributed by atoms with Gasteiger partial charge in [-0.15, -0.1) is 11.6 Å². The van der Waals surface area contributed by atoms with E-state index in [0.29, 0.717) is 12.8 Å². The molecule has 3 saturated carbocycles. The third kappa shape index (κ3) is 2.15. The van der Waals surface area contributed by atoms with Crippen molar-refractivity contribution in [1.29, 1.82) is 0 Å². The SMILES string of the molecule is C[C@]12C=CC(=O)C=C1CC[C@@H]1[C@@H]2C(O)C[C@@]2(C)[C@H]1CC[C@]2(Cl)C(=O)CO. The summed E-state index contributed by atoms with van der Waals surface area (Å²) in [7, 11) is 0. The van der Waals surface area contributed by atoms with E-state index in [0.717, 1.165) is 24.8 Å². The van der Waals surface area contributed by atoms with Crippen molar-refractivity contribution in [3.05, 3.63) is 23.8 Å². The zero-order valence-corrected chi connectivity index (χ0v) is 16.1. The van der Waals surface area contributed by atoms with Crippen molar-refractivity contribution in [3.8, 4) is 0 Å². The molecule has 7 atom stereocenters. The van der Waals surface area contributed by atoms with Gasteiger partial charge >= 0.3 is 0 Å². The van der Waals surface area contributed by atoms with Crippen molar-refractivity contribution < 1.29 is 19.8 Å². The Balaban J connectivity index is 1.75. The number of hydrogen-bond donors (Lipinski definition) is 2. The quantitative estimate of drug-likeness (QED) is 0.724. The van der Waals surface area contributed by atoms with Crippen molar-refractivity contribution in [2.45, 2.75) is 56.9 Å². The highest BCUT2D eigenvalue weighted by atomic mass is 35.5. The number of aliphatic hydroxyl groups excluding tert-OH is 2. The van der Waals surface area contributed by atoms with Gasteiger partial charge in [-0.3, -0.25) is 9.59 Å². The van der Waals surface area contributed by atoms with Crippen LogP contribution in [0.4, 0.5) is 0 Å². The summed E-state index contributed by atoms with van der Waals surface area (Å²) in [6.07, 6.45) is 8.37. The van der Waals surface area contributed by atoms with E-state index in [-0.39, 0.29) is 34.7 Å².